The molecule has 0 bridgehead atoms. The number of nitrogens with zero attached hydrogens (tertiary/aromatic N) is 1. The van der Waals surface area contributed by atoms with E-state index in [-0.39, 0.29) is 31.2 Å². The SMILES string of the molecule is CC(C)C[C@H](N)C(=O)O.O=C(O)[C@H](CCc1ccccc1)N[C@H](CCCCN1C(=O)c2ccccc2C1=O)C(=O)O. The van der Waals surface area contributed by atoms with E-state index in [1.54, 1.807) is 24.3 Å². The van der Waals surface area contributed by atoms with Crippen molar-refractivity contribution in [1.29, 1.82) is 0 Å². The number of carbonyl (C=O) groups excluding carboxylic acids is 2. The molecule has 3 atom stereocenters. The van der Waals surface area contributed by atoms with E-state index in [2.05, 4.69) is 5.32 Å². The van der Waals surface area contributed by atoms with Crippen LogP contribution in [-0.2, 0) is 20.8 Å². The van der Waals surface area contributed by atoms with Gasteiger partial charge in [0.05, 0.1) is 11.1 Å². The highest BCUT2D eigenvalue weighted by atomic mass is 16.4. The maximum absolute atomic E-state index is 12.4. The first-order valence-electron chi connectivity index (χ1n) is 13.6. The van der Waals surface area contributed by atoms with Crippen LogP contribution in [0.4, 0.5) is 0 Å². The summed E-state index contributed by atoms with van der Waals surface area (Å²) in [4.78, 5) is 59.3. The number of fused-ring (bicyclic) bond motifs is 1. The molecule has 3 rings (SSSR count). The molecule has 0 aliphatic carbocycles. The molecular weight excluding hydrogens is 530 g/mol. The molecule has 0 saturated heterocycles. The van der Waals surface area contributed by atoms with E-state index in [1.165, 1.54) is 4.90 Å². The second-order valence-corrected chi connectivity index (χ2v) is 10.4. The van der Waals surface area contributed by atoms with Gasteiger partial charge in [0.2, 0.25) is 0 Å². The van der Waals surface area contributed by atoms with Crippen LogP contribution in [0.25, 0.3) is 0 Å². The van der Waals surface area contributed by atoms with Crippen molar-refractivity contribution in [2.45, 2.75) is 70.5 Å². The number of imide groups is 1. The van der Waals surface area contributed by atoms with Crippen LogP contribution in [0.5, 0.6) is 0 Å². The molecule has 11 nitrogen and oxygen atoms in total. The van der Waals surface area contributed by atoms with Gasteiger partial charge in [-0.1, -0.05) is 56.3 Å². The Hall–Kier alpha value is -4.09. The van der Waals surface area contributed by atoms with Gasteiger partial charge in [-0.15, -0.1) is 0 Å². The van der Waals surface area contributed by atoms with Crippen molar-refractivity contribution in [3.63, 3.8) is 0 Å². The first-order chi connectivity index (χ1) is 19.4. The second-order valence-electron chi connectivity index (χ2n) is 10.4. The van der Waals surface area contributed by atoms with Crippen LogP contribution in [0.1, 0.15) is 72.2 Å². The number of amides is 2. The molecule has 1 heterocycles. The van der Waals surface area contributed by atoms with Crippen LogP contribution >= 0.6 is 0 Å². The van der Waals surface area contributed by atoms with Gasteiger partial charge in [0.15, 0.2) is 0 Å². The smallest absolute Gasteiger partial charge is 0.320 e. The number of benzene rings is 2. The van der Waals surface area contributed by atoms with Gasteiger partial charge in [0.1, 0.15) is 18.1 Å². The lowest BCUT2D eigenvalue weighted by Crippen LogP contribution is -2.47. The summed E-state index contributed by atoms with van der Waals surface area (Å²) in [6.45, 7) is 4.08. The molecule has 0 aromatic heterocycles. The number of unbranched alkanes of at least 4 members (excludes halogenated alkanes) is 1. The first-order valence-corrected chi connectivity index (χ1v) is 13.6. The van der Waals surface area contributed by atoms with Gasteiger partial charge in [-0.3, -0.25) is 34.2 Å². The molecule has 2 aromatic carbocycles. The fourth-order valence-electron chi connectivity index (χ4n) is 4.42. The summed E-state index contributed by atoms with van der Waals surface area (Å²) in [5.41, 5.74) is 6.96. The van der Waals surface area contributed by atoms with Crippen molar-refractivity contribution in [3.8, 4) is 0 Å². The molecule has 0 saturated carbocycles. The van der Waals surface area contributed by atoms with E-state index in [4.69, 9.17) is 10.8 Å². The van der Waals surface area contributed by atoms with Crippen molar-refractivity contribution in [2.24, 2.45) is 11.7 Å². The number of nitrogens with two attached hydrogens (primary N) is 1. The van der Waals surface area contributed by atoms with Crippen LogP contribution in [0.2, 0.25) is 0 Å². The maximum Gasteiger partial charge on any atom is 0.320 e. The molecule has 0 spiro atoms. The van der Waals surface area contributed by atoms with Gasteiger partial charge in [0.25, 0.3) is 11.8 Å². The van der Waals surface area contributed by atoms with Crippen molar-refractivity contribution in [3.05, 3.63) is 71.3 Å². The molecule has 0 unspecified atom stereocenters. The Morgan fingerprint density at radius 3 is 1.76 bits per heavy atom. The molecule has 0 radical (unpaired) electrons. The Kier molecular flexibility index (Phi) is 13.1. The summed E-state index contributed by atoms with van der Waals surface area (Å²) in [7, 11) is 0. The average molecular weight is 570 g/mol. The van der Waals surface area contributed by atoms with Crippen LogP contribution in [0, 0.1) is 5.92 Å². The average Bonchev–Trinajstić information content (AvgIpc) is 3.17. The molecule has 41 heavy (non-hydrogen) atoms. The summed E-state index contributed by atoms with van der Waals surface area (Å²) in [6.07, 6.45) is 2.36. The Bertz CT molecular complexity index is 1170. The highest BCUT2D eigenvalue weighted by Gasteiger charge is 2.34. The van der Waals surface area contributed by atoms with E-state index in [0.717, 1.165) is 5.56 Å². The number of aliphatic carboxylic acids is 3. The number of hydrogen-bond donors (Lipinski definition) is 5. The Labute approximate surface area is 239 Å². The van der Waals surface area contributed by atoms with E-state index < -0.39 is 36.0 Å². The van der Waals surface area contributed by atoms with Crippen LogP contribution in [0.15, 0.2) is 54.6 Å². The van der Waals surface area contributed by atoms with Crippen molar-refractivity contribution in [1.82, 2.24) is 10.2 Å². The monoisotopic (exact) mass is 569 g/mol. The summed E-state index contributed by atoms with van der Waals surface area (Å²) in [6, 6.07) is 13.3. The normalized spacial score (nSPS) is 14.6. The standard InChI is InChI=1S/C24H26N2O6.C6H13NO2/c27-21-17-10-4-5-11-18(17)22(28)26(21)15-7-6-12-19(23(29)30)25-20(24(31)32)14-13-16-8-2-1-3-9-16;1-4(2)3-5(7)6(8)9/h1-5,8-11,19-20,25H,6-7,12-15H2,(H,29,30)(H,31,32);4-5H,3,7H2,1-2H3,(H,8,9)/t19-,20+;5-/m10/s1. The third-order valence-electron chi connectivity index (χ3n) is 6.61. The first kappa shape index (κ1) is 33.1. The molecule has 11 heteroatoms. The minimum atomic E-state index is -1.13. The van der Waals surface area contributed by atoms with Gasteiger partial charge in [-0.05, 0) is 62.1 Å². The Morgan fingerprint density at radius 1 is 0.780 bits per heavy atom. The molecule has 6 N–H and O–H groups in total. The Morgan fingerprint density at radius 2 is 1.29 bits per heavy atom. The predicted octanol–water partition coefficient (Wildman–Crippen LogP) is 3.03. The predicted molar refractivity (Wildman–Crippen MR) is 151 cm³/mol. The molecule has 0 fully saturated rings. The third kappa shape index (κ3) is 10.4. The lowest BCUT2D eigenvalue weighted by molar-refractivity contribution is -0.143. The van der Waals surface area contributed by atoms with Gasteiger partial charge in [-0.2, -0.15) is 0 Å². The van der Waals surface area contributed by atoms with Crippen LogP contribution in [0.3, 0.4) is 0 Å². The highest BCUT2D eigenvalue weighted by molar-refractivity contribution is 6.21. The number of carbonyl (C=O) groups is 5. The minimum absolute atomic E-state index is 0.188. The van der Waals surface area contributed by atoms with Gasteiger partial charge in [0, 0.05) is 6.54 Å². The second kappa shape index (κ2) is 16.2. The number of carboxylic acid groups (broad SMARTS) is 3. The van der Waals surface area contributed by atoms with Crippen molar-refractivity contribution >= 4 is 29.7 Å². The minimum Gasteiger partial charge on any atom is -0.480 e. The zero-order valence-corrected chi connectivity index (χ0v) is 23.4. The number of hydrogen-bond acceptors (Lipinski definition) is 7. The lowest BCUT2D eigenvalue weighted by Gasteiger charge is -2.21. The zero-order chi connectivity index (χ0) is 30.5. The molecular formula is C30H39N3O8. The summed E-state index contributed by atoms with van der Waals surface area (Å²) >= 11 is 0. The van der Waals surface area contributed by atoms with Gasteiger partial charge < -0.3 is 21.1 Å². The fraction of sp³-hybridized carbons (Fsp3) is 0.433. The van der Waals surface area contributed by atoms with E-state index >= 15 is 0 Å². The number of aryl methyl sites for hydroxylation is 1. The van der Waals surface area contributed by atoms with E-state index in [1.807, 2.05) is 44.2 Å². The number of rotatable bonds is 15. The summed E-state index contributed by atoms with van der Waals surface area (Å²) < 4.78 is 0. The largest absolute Gasteiger partial charge is 0.480 e. The zero-order valence-electron chi connectivity index (χ0n) is 23.4. The molecule has 1 aliphatic heterocycles. The quantitative estimate of drug-likeness (QED) is 0.158. The van der Waals surface area contributed by atoms with E-state index in [0.29, 0.717) is 42.7 Å². The van der Waals surface area contributed by atoms with Crippen molar-refractivity contribution < 1.29 is 39.3 Å². The van der Waals surface area contributed by atoms with Gasteiger partial charge in [-0.25, -0.2) is 0 Å². The van der Waals surface area contributed by atoms with Gasteiger partial charge >= 0.3 is 17.9 Å². The maximum atomic E-state index is 12.4. The third-order valence-corrected chi connectivity index (χ3v) is 6.61. The number of carboxylic acids is 3. The van der Waals surface area contributed by atoms with E-state index in [9.17, 15) is 34.2 Å². The topological polar surface area (TPSA) is 187 Å². The molecule has 1 aliphatic rings. The molecule has 2 aromatic rings. The van der Waals surface area contributed by atoms with Crippen LogP contribution in [-0.4, -0.2) is 74.6 Å². The molecule has 2 amide bonds. The van der Waals surface area contributed by atoms with Crippen molar-refractivity contribution in [2.75, 3.05) is 6.54 Å². The fourth-order valence-corrected chi connectivity index (χ4v) is 4.42. The Balaban J connectivity index is 0.000000564. The summed E-state index contributed by atoms with van der Waals surface area (Å²) in [5.74, 6) is -3.47. The number of nitrogens with one attached hydrogen (secondary N) is 1. The summed E-state index contributed by atoms with van der Waals surface area (Å²) in [5, 5.41) is 30.1. The highest BCUT2D eigenvalue weighted by Crippen LogP contribution is 2.23. The van der Waals surface area contributed by atoms with Crippen LogP contribution < -0.4 is 11.1 Å². The lowest BCUT2D eigenvalue weighted by atomic mass is 10.0. The molecule has 222 valence electrons.